The van der Waals surface area contributed by atoms with E-state index in [0.717, 1.165) is 11.3 Å². The van der Waals surface area contributed by atoms with Gasteiger partial charge in [-0.05, 0) is 35.9 Å². The van der Waals surface area contributed by atoms with Crippen LogP contribution in [-0.4, -0.2) is 71.7 Å². The molecule has 4 rings (SSSR count). The van der Waals surface area contributed by atoms with Crippen molar-refractivity contribution in [1.29, 1.82) is 0 Å². The quantitative estimate of drug-likeness (QED) is 0.193. The third-order valence-corrected chi connectivity index (χ3v) is 7.04. The number of amides is 1. The van der Waals surface area contributed by atoms with Crippen LogP contribution in [0.3, 0.4) is 0 Å². The molecule has 0 spiro atoms. The van der Waals surface area contributed by atoms with Gasteiger partial charge in [-0.25, -0.2) is 18.9 Å². The average Bonchev–Trinajstić information content (AvgIpc) is 3.57. The molecule has 0 bridgehead atoms. The van der Waals surface area contributed by atoms with Crippen molar-refractivity contribution in [2.75, 3.05) is 19.9 Å². The van der Waals surface area contributed by atoms with Crippen molar-refractivity contribution < 1.29 is 42.1 Å². The summed E-state index contributed by atoms with van der Waals surface area (Å²) >= 11 is -1.40. The maximum Gasteiger partial charge on any atom is 0.328 e. The third kappa shape index (κ3) is 8.25. The number of nitrogens with one attached hydrogen (secondary N) is 1. The van der Waals surface area contributed by atoms with Crippen LogP contribution in [0.4, 0.5) is 4.39 Å². The first kappa shape index (κ1) is 29.0. The lowest BCUT2D eigenvalue weighted by atomic mass is 10.2. The Morgan fingerprint density at radius 3 is 2.77 bits per heavy atom. The van der Waals surface area contributed by atoms with Gasteiger partial charge in [0, 0.05) is 11.1 Å². The molecule has 212 valence electrons. The van der Waals surface area contributed by atoms with Gasteiger partial charge in [0.1, 0.15) is 43.6 Å². The number of carbonyl (C=O) groups is 2. The summed E-state index contributed by atoms with van der Waals surface area (Å²) in [5.41, 5.74) is 1.64. The monoisotopic (exact) mass is 592 g/mol. The number of carboxylic acid groups (broad SMARTS) is 1. The summed E-state index contributed by atoms with van der Waals surface area (Å²) in [4.78, 5) is 28.0. The van der Waals surface area contributed by atoms with Gasteiger partial charge >= 0.3 is 5.97 Å². The van der Waals surface area contributed by atoms with Gasteiger partial charge in [0.25, 0.3) is 0 Å². The molecule has 0 saturated heterocycles. The van der Waals surface area contributed by atoms with Gasteiger partial charge in [-0.15, -0.1) is 16.4 Å². The van der Waals surface area contributed by atoms with Crippen LogP contribution in [0.25, 0.3) is 10.2 Å². The molecule has 0 saturated carbocycles. The number of ether oxygens (including phenoxy) is 3. The Labute approximate surface area is 233 Å². The molecule has 0 aliphatic rings. The summed E-state index contributed by atoms with van der Waals surface area (Å²) in [6.07, 6.45) is 1.48. The fraction of sp³-hybridized carbons (Fsp3) is 0.292. The molecule has 2 aromatic carbocycles. The normalized spacial score (nSPS) is 12.7. The Morgan fingerprint density at radius 1 is 1.18 bits per heavy atom. The summed E-state index contributed by atoms with van der Waals surface area (Å²) < 4.78 is 52.7. The molecule has 0 aliphatic carbocycles. The predicted octanol–water partition coefficient (Wildman–Crippen LogP) is 1.84. The highest BCUT2D eigenvalue weighted by Gasteiger charge is 2.21. The molecular formula is C24H23FN5O8S2-. The maximum absolute atomic E-state index is 12.4. The second kappa shape index (κ2) is 13.9. The molecule has 0 fully saturated rings. The summed E-state index contributed by atoms with van der Waals surface area (Å²) in [7, 11) is 0. The number of halogens is 1. The first-order valence-electron chi connectivity index (χ1n) is 11.7. The Hall–Kier alpha value is -3.99. The van der Waals surface area contributed by atoms with E-state index in [1.54, 1.807) is 42.5 Å². The molecule has 1 unspecified atom stereocenters. The van der Waals surface area contributed by atoms with Crippen molar-refractivity contribution >= 4 is 44.5 Å². The SMILES string of the molecule is O=C(Cn1cc(COc2ccc3nc(S(=O)[O-])sc3c2)nn1)N[C@@H](COCc1cccc(OCCF)c1)C(=O)O. The Balaban J connectivity index is 1.24. The number of nitrogens with zero attached hydrogens (tertiary/aromatic N) is 4. The second-order valence-electron chi connectivity index (χ2n) is 8.20. The molecule has 2 N–H and O–H groups in total. The Bertz CT molecular complexity index is 1500. The Morgan fingerprint density at radius 2 is 2.00 bits per heavy atom. The number of carboxylic acids is 1. The van der Waals surface area contributed by atoms with Gasteiger partial charge in [-0.1, -0.05) is 17.3 Å². The number of thiazole rings is 1. The van der Waals surface area contributed by atoms with E-state index >= 15 is 0 Å². The van der Waals surface area contributed by atoms with Crippen LogP contribution in [0.1, 0.15) is 11.3 Å². The molecule has 1 amide bonds. The molecule has 2 heterocycles. The Kier molecular flexibility index (Phi) is 10.1. The lowest BCUT2D eigenvalue weighted by Gasteiger charge is -2.15. The molecule has 0 radical (unpaired) electrons. The highest BCUT2D eigenvalue weighted by molar-refractivity contribution is 7.81. The lowest BCUT2D eigenvalue weighted by Crippen LogP contribution is -2.45. The molecule has 40 heavy (non-hydrogen) atoms. The largest absolute Gasteiger partial charge is 0.767 e. The van der Waals surface area contributed by atoms with Gasteiger partial charge in [0.05, 0.1) is 29.6 Å². The number of aliphatic carboxylic acids is 1. The van der Waals surface area contributed by atoms with E-state index in [-0.39, 0.29) is 37.3 Å². The smallest absolute Gasteiger partial charge is 0.328 e. The van der Waals surface area contributed by atoms with E-state index < -0.39 is 35.7 Å². The van der Waals surface area contributed by atoms with Crippen molar-refractivity contribution in [2.45, 2.75) is 30.1 Å². The van der Waals surface area contributed by atoms with E-state index in [1.165, 1.54) is 10.9 Å². The number of rotatable bonds is 15. The van der Waals surface area contributed by atoms with Crippen LogP contribution in [0.2, 0.25) is 0 Å². The number of hydrogen-bond acceptors (Lipinski definition) is 11. The summed E-state index contributed by atoms with van der Waals surface area (Å²) in [5, 5.41) is 19.7. The van der Waals surface area contributed by atoms with Crippen LogP contribution in [0, 0.1) is 0 Å². The van der Waals surface area contributed by atoms with Crippen molar-refractivity contribution in [3.05, 3.63) is 59.9 Å². The zero-order valence-electron chi connectivity index (χ0n) is 20.7. The number of benzene rings is 2. The highest BCUT2D eigenvalue weighted by atomic mass is 32.2. The second-order valence-corrected chi connectivity index (χ2v) is 10.3. The van der Waals surface area contributed by atoms with E-state index in [2.05, 4.69) is 20.6 Å². The zero-order valence-corrected chi connectivity index (χ0v) is 22.4. The van der Waals surface area contributed by atoms with Crippen molar-refractivity contribution in [1.82, 2.24) is 25.3 Å². The first-order chi connectivity index (χ1) is 19.3. The van der Waals surface area contributed by atoms with Crippen molar-refractivity contribution in [3.8, 4) is 11.5 Å². The number of aromatic nitrogens is 4. The summed E-state index contributed by atoms with van der Waals surface area (Å²) in [6, 6.07) is 10.4. The van der Waals surface area contributed by atoms with E-state index in [1.807, 2.05) is 0 Å². The number of alkyl halides is 1. The standard InChI is InChI=1S/C24H24FN5O8S2/c25-6-7-37-17-3-1-2-15(8-17)12-36-14-20(23(32)33)26-22(31)11-30-10-16(28-29-30)13-38-18-4-5-19-21(9-18)39-24(27-19)40(34)35/h1-5,8-10,20H,6-7,11-14H2,(H,26,31)(H,32,33)(H,34,35)/p-1/t20-/m0/s1. The fourth-order valence-electron chi connectivity index (χ4n) is 3.42. The molecule has 16 heteroatoms. The maximum atomic E-state index is 12.4. The molecule has 13 nitrogen and oxygen atoms in total. The predicted molar refractivity (Wildman–Crippen MR) is 138 cm³/mol. The average molecular weight is 593 g/mol. The van der Waals surface area contributed by atoms with Crippen LogP contribution >= 0.6 is 11.3 Å². The summed E-state index contributed by atoms with van der Waals surface area (Å²) in [6.45, 7) is -1.17. The molecule has 0 aliphatic heterocycles. The molecule has 4 aromatic rings. The van der Waals surface area contributed by atoms with E-state index in [9.17, 15) is 27.8 Å². The van der Waals surface area contributed by atoms with E-state index in [0.29, 0.717) is 33.0 Å². The third-order valence-electron chi connectivity index (χ3n) is 5.19. The molecule has 2 atom stereocenters. The van der Waals surface area contributed by atoms with Gasteiger partial charge in [0.2, 0.25) is 5.91 Å². The first-order valence-corrected chi connectivity index (χ1v) is 13.6. The number of carbonyl (C=O) groups excluding carboxylic acids is 1. The van der Waals surface area contributed by atoms with E-state index in [4.69, 9.17) is 14.2 Å². The zero-order chi connectivity index (χ0) is 28.5. The highest BCUT2D eigenvalue weighted by Crippen LogP contribution is 2.28. The van der Waals surface area contributed by atoms with Crippen molar-refractivity contribution in [2.24, 2.45) is 0 Å². The topological polar surface area (TPSA) is 178 Å². The lowest BCUT2D eigenvalue weighted by molar-refractivity contribution is -0.144. The number of hydrogen-bond donors (Lipinski definition) is 2. The minimum Gasteiger partial charge on any atom is -0.767 e. The van der Waals surface area contributed by atoms with Gasteiger partial charge in [0.15, 0.2) is 10.4 Å². The van der Waals surface area contributed by atoms with Gasteiger partial charge in [-0.3, -0.25) is 9.00 Å². The minimum atomic E-state index is -2.41. The van der Waals surface area contributed by atoms with Crippen LogP contribution in [0.15, 0.2) is 53.0 Å². The van der Waals surface area contributed by atoms with Crippen molar-refractivity contribution in [3.63, 3.8) is 0 Å². The van der Waals surface area contributed by atoms with Gasteiger partial charge in [-0.2, -0.15) is 0 Å². The van der Waals surface area contributed by atoms with Gasteiger partial charge < -0.3 is 29.2 Å². The molecule has 2 aromatic heterocycles. The summed E-state index contributed by atoms with van der Waals surface area (Å²) in [5.74, 6) is -0.951. The molecular weight excluding hydrogens is 569 g/mol. The van der Waals surface area contributed by atoms with Crippen LogP contribution in [0.5, 0.6) is 11.5 Å². The fourth-order valence-corrected chi connectivity index (χ4v) is 4.86. The minimum absolute atomic E-state index is 0.0171. The van der Waals surface area contributed by atoms with Crippen LogP contribution < -0.4 is 14.8 Å². The van der Waals surface area contributed by atoms with Crippen LogP contribution in [-0.2, 0) is 45.2 Å². The number of fused-ring (bicyclic) bond motifs is 1.